The van der Waals surface area contributed by atoms with Gasteiger partial charge in [-0.3, -0.25) is 0 Å². The van der Waals surface area contributed by atoms with Crippen LogP contribution in [0.4, 0.5) is 5.69 Å². The summed E-state index contributed by atoms with van der Waals surface area (Å²) in [7, 11) is 0. The van der Waals surface area contributed by atoms with Crippen LogP contribution in [-0.2, 0) is 0 Å². The average molecular weight is 379 g/mol. The molecule has 0 aromatic heterocycles. The van der Waals surface area contributed by atoms with Crippen molar-refractivity contribution in [1.82, 2.24) is 5.32 Å². The maximum absolute atomic E-state index is 10.4. The molecule has 0 aliphatic rings. The Morgan fingerprint density at radius 1 is 0.815 bits per heavy atom. The van der Waals surface area contributed by atoms with Crippen molar-refractivity contribution in [1.29, 1.82) is 0 Å². The first-order valence-electron chi connectivity index (χ1n) is 11.1. The minimum atomic E-state index is -0.715. The standard InChI is InChI=1S/C23H42N2O2/c1-2-3-4-5-6-7-8-9-10-11-12-13-18-25-22(19-26)23(27)20-14-16-21(24)17-15-20/h14-17,22-23,25-27H,2-13,18-19,24H2,1H3/t22-,23-/m1/s1. The van der Waals surface area contributed by atoms with Crippen LogP contribution in [0.2, 0.25) is 0 Å². The molecule has 0 unspecified atom stereocenters. The van der Waals surface area contributed by atoms with Crippen LogP contribution in [0.25, 0.3) is 0 Å². The molecule has 0 saturated carbocycles. The molecular formula is C23H42N2O2. The van der Waals surface area contributed by atoms with Crippen LogP contribution in [0.5, 0.6) is 0 Å². The van der Waals surface area contributed by atoms with Crippen molar-refractivity contribution in [3.05, 3.63) is 29.8 Å². The van der Waals surface area contributed by atoms with E-state index in [1.54, 1.807) is 12.1 Å². The van der Waals surface area contributed by atoms with E-state index in [0.717, 1.165) is 18.5 Å². The number of aliphatic hydroxyl groups is 2. The van der Waals surface area contributed by atoms with Gasteiger partial charge in [-0.2, -0.15) is 0 Å². The second kappa shape index (κ2) is 15.9. The zero-order valence-corrected chi connectivity index (χ0v) is 17.3. The van der Waals surface area contributed by atoms with Crippen molar-refractivity contribution in [3.63, 3.8) is 0 Å². The molecule has 0 spiro atoms. The predicted octanol–water partition coefficient (Wildman–Crippen LogP) is 4.95. The van der Waals surface area contributed by atoms with E-state index in [4.69, 9.17) is 5.73 Å². The van der Waals surface area contributed by atoms with Crippen LogP contribution < -0.4 is 11.1 Å². The highest BCUT2D eigenvalue weighted by Crippen LogP contribution is 2.18. The SMILES string of the molecule is CCCCCCCCCCCCCCN[C@H](CO)[C@H](O)c1ccc(N)cc1. The molecule has 1 aromatic rings. The minimum Gasteiger partial charge on any atom is -0.399 e. The van der Waals surface area contributed by atoms with Crippen LogP contribution >= 0.6 is 0 Å². The highest BCUT2D eigenvalue weighted by Gasteiger charge is 2.19. The Balaban J connectivity index is 2.00. The number of nitrogens with two attached hydrogens (primary N) is 1. The third-order valence-electron chi connectivity index (χ3n) is 5.29. The molecule has 2 atom stereocenters. The van der Waals surface area contributed by atoms with E-state index in [9.17, 15) is 10.2 Å². The predicted molar refractivity (Wildman–Crippen MR) is 116 cm³/mol. The molecular weight excluding hydrogens is 336 g/mol. The van der Waals surface area contributed by atoms with Crippen LogP contribution in [0.1, 0.15) is 95.6 Å². The normalized spacial score (nSPS) is 13.6. The fourth-order valence-corrected chi connectivity index (χ4v) is 3.45. The first kappa shape index (κ1) is 23.9. The summed E-state index contributed by atoms with van der Waals surface area (Å²) >= 11 is 0. The van der Waals surface area contributed by atoms with Crippen molar-refractivity contribution in [2.75, 3.05) is 18.9 Å². The third-order valence-corrected chi connectivity index (χ3v) is 5.29. The second-order valence-corrected chi connectivity index (χ2v) is 7.74. The lowest BCUT2D eigenvalue weighted by Gasteiger charge is -2.22. The number of unbranched alkanes of at least 4 members (excludes halogenated alkanes) is 11. The van der Waals surface area contributed by atoms with E-state index in [-0.39, 0.29) is 12.6 Å². The summed E-state index contributed by atoms with van der Waals surface area (Å²) in [6.45, 7) is 3.01. The lowest BCUT2D eigenvalue weighted by molar-refractivity contribution is 0.0899. The minimum absolute atomic E-state index is 0.0796. The monoisotopic (exact) mass is 378 g/mol. The Kier molecular flexibility index (Phi) is 14.1. The molecule has 0 aliphatic carbocycles. The van der Waals surface area contributed by atoms with Crippen molar-refractivity contribution in [2.24, 2.45) is 0 Å². The zero-order valence-electron chi connectivity index (χ0n) is 17.3. The van der Waals surface area contributed by atoms with Gasteiger partial charge in [-0.1, -0.05) is 89.7 Å². The number of nitrogens with one attached hydrogen (secondary N) is 1. The van der Waals surface area contributed by atoms with Crippen LogP contribution in [-0.4, -0.2) is 29.4 Å². The number of aliphatic hydroxyl groups excluding tert-OH is 2. The third kappa shape index (κ3) is 11.4. The fraction of sp³-hybridized carbons (Fsp3) is 0.739. The molecule has 1 aromatic carbocycles. The van der Waals surface area contributed by atoms with Gasteiger partial charge in [0.05, 0.1) is 18.8 Å². The topological polar surface area (TPSA) is 78.5 Å². The summed E-state index contributed by atoms with van der Waals surface area (Å²) < 4.78 is 0. The first-order chi connectivity index (χ1) is 13.2. The Bertz CT molecular complexity index is 450. The Hall–Kier alpha value is -1.10. The number of hydrogen-bond acceptors (Lipinski definition) is 4. The molecule has 4 heteroatoms. The molecule has 0 saturated heterocycles. The van der Waals surface area contributed by atoms with Gasteiger partial charge in [0.1, 0.15) is 0 Å². The van der Waals surface area contributed by atoms with Crippen LogP contribution in [0.15, 0.2) is 24.3 Å². The Morgan fingerprint density at radius 2 is 1.30 bits per heavy atom. The molecule has 0 aliphatic heterocycles. The van der Waals surface area contributed by atoms with Gasteiger partial charge in [0.15, 0.2) is 0 Å². The molecule has 1 rings (SSSR count). The maximum atomic E-state index is 10.4. The molecule has 0 amide bonds. The lowest BCUT2D eigenvalue weighted by atomic mass is 10.0. The van der Waals surface area contributed by atoms with E-state index in [2.05, 4.69) is 12.2 Å². The van der Waals surface area contributed by atoms with E-state index >= 15 is 0 Å². The largest absolute Gasteiger partial charge is 0.399 e. The van der Waals surface area contributed by atoms with Crippen molar-refractivity contribution in [2.45, 2.75) is 96.1 Å². The summed E-state index contributed by atoms with van der Waals surface area (Å²) in [5.41, 5.74) is 7.14. The van der Waals surface area contributed by atoms with E-state index in [1.807, 2.05) is 12.1 Å². The fourth-order valence-electron chi connectivity index (χ4n) is 3.45. The molecule has 0 radical (unpaired) electrons. The molecule has 4 nitrogen and oxygen atoms in total. The number of nitrogen functional groups attached to an aromatic ring is 1. The Morgan fingerprint density at radius 3 is 1.78 bits per heavy atom. The maximum Gasteiger partial charge on any atom is 0.0965 e. The van der Waals surface area contributed by atoms with E-state index < -0.39 is 6.10 Å². The summed E-state index contributed by atoms with van der Waals surface area (Å²) in [5, 5.41) is 23.2. The molecule has 0 fully saturated rings. The van der Waals surface area contributed by atoms with Crippen molar-refractivity contribution >= 4 is 5.69 Å². The number of rotatable bonds is 17. The van der Waals surface area contributed by atoms with Gasteiger partial charge >= 0.3 is 0 Å². The zero-order chi connectivity index (χ0) is 19.7. The quantitative estimate of drug-likeness (QED) is 0.228. The van der Waals surface area contributed by atoms with Crippen molar-refractivity contribution < 1.29 is 10.2 Å². The van der Waals surface area contributed by atoms with Gasteiger partial charge in [-0.15, -0.1) is 0 Å². The smallest absolute Gasteiger partial charge is 0.0965 e. The average Bonchev–Trinajstić information content (AvgIpc) is 2.68. The van der Waals surface area contributed by atoms with Gasteiger partial charge in [-0.05, 0) is 30.7 Å². The van der Waals surface area contributed by atoms with E-state index in [1.165, 1.54) is 70.6 Å². The molecule has 0 bridgehead atoms. The molecule has 0 heterocycles. The molecule has 5 N–H and O–H groups in total. The lowest BCUT2D eigenvalue weighted by Crippen LogP contribution is -2.38. The summed E-state index contributed by atoms with van der Waals surface area (Å²) in [5.74, 6) is 0. The summed E-state index contributed by atoms with van der Waals surface area (Å²) in [6.07, 6.45) is 15.3. The number of hydrogen-bond donors (Lipinski definition) is 4. The van der Waals surface area contributed by atoms with Gasteiger partial charge in [0.25, 0.3) is 0 Å². The van der Waals surface area contributed by atoms with Crippen LogP contribution in [0, 0.1) is 0 Å². The summed E-state index contributed by atoms with van der Waals surface area (Å²) in [6, 6.07) is 6.85. The van der Waals surface area contributed by atoms with Crippen molar-refractivity contribution in [3.8, 4) is 0 Å². The molecule has 156 valence electrons. The Labute approximate surface area is 166 Å². The van der Waals surface area contributed by atoms with Gasteiger partial charge in [-0.25, -0.2) is 0 Å². The van der Waals surface area contributed by atoms with Gasteiger partial charge < -0.3 is 21.3 Å². The van der Waals surface area contributed by atoms with E-state index in [0.29, 0.717) is 5.69 Å². The highest BCUT2D eigenvalue weighted by molar-refractivity contribution is 5.40. The number of anilines is 1. The second-order valence-electron chi connectivity index (χ2n) is 7.74. The molecule has 27 heavy (non-hydrogen) atoms. The summed E-state index contributed by atoms with van der Waals surface area (Å²) in [4.78, 5) is 0. The number of benzene rings is 1. The highest BCUT2D eigenvalue weighted by atomic mass is 16.3. The van der Waals surface area contributed by atoms with Gasteiger partial charge in [0, 0.05) is 5.69 Å². The first-order valence-corrected chi connectivity index (χ1v) is 11.1. The van der Waals surface area contributed by atoms with Crippen LogP contribution in [0.3, 0.4) is 0 Å². The van der Waals surface area contributed by atoms with Gasteiger partial charge in [0.2, 0.25) is 0 Å².